The fourth-order valence-corrected chi connectivity index (χ4v) is 2.41. The van der Waals surface area contributed by atoms with Gasteiger partial charge < -0.3 is 0 Å². The molecule has 0 radical (unpaired) electrons. The van der Waals surface area contributed by atoms with E-state index < -0.39 is 15.3 Å². The summed E-state index contributed by atoms with van der Waals surface area (Å²) in [6, 6.07) is 1.57. The van der Waals surface area contributed by atoms with Crippen molar-refractivity contribution in [2.24, 2.45) is 0 Å². The third-order valence-corrected chi connectivity index (χ3v) is 4.03. The van der Waals surface area contributed by atoms with Gasteiger partial charge in [0.25, 0.3) is 0 Å². The molecule has 6 heteroatoms. The first-order valence-corrected chi connectivity index (χ1v) is 6.77. The first-order chi connectivity index (χ1) is 5.94. The quantitative estimate of drug-likeness (QED) is 0.738. The summed E-state index contributed by atoms with van der Waals surface area (Å²) >= 11 is 1.56. The molecule has 0 aliphatic heterocycles. The van der Waals surface area contributed by atoms with Crippen LogP contribution < -0.4 is 4.72 Å². The zero-order chi connectivity index (χ0) is 10.5. The number of nitrogens with zero attached hydrogens (tertiary/aromatic N) is 1. The molecule has 0 saturated heterocycles. The average molecular weight is 222 g/mol. The Morgan fingerprint density at radius 1 is 1.54 bits per heavy atom. The van der Waals surface area contributed by atoms with Crippen LogP contribution in [0.1, 0.15) is 13.8 Å². The number of nitrogens with one attached hydrogen (secondary N) is 1. The number of hydrogen-bond donors (Lipinski definition) is 1. The lowest BCUT2D eigenvalue weighted by Gasteiger charge is -2.13. The molecule has 0 aromatic carbocycles. The Bertz CT molecular complexity index is 281. The van der Waals surface area contributed by atoms with Crippen LogP contribution in [0.4, 0.5) is 0 Å². The van der Waals surface area contributed by atoms with Crippen LogP contribution in [-0.2, 0) is 10.0 Å². The van der Waals surface area contributed by atoms with Crippen LogP contribution in [-0.4, -0.2) is 31.7 Å². The van der Waals surface area contributed by atoms with Crippen molar-refractivity contribution < 1.29 is 8.42 Å². The predicted octanol–water partition coefficient (Wildman–Crippen LogP) is 0.569. The minimum absolute atomic E-state index is 0.129. The van der Waals surface area contributed by atoms with E-state index in [1.165, 1.54) is 6.92 Å². The highest BCUT2D eigenvalue weighted by Crippen LogP contribution is 2.02. The van der Waals surface area contributed by atoms with Crippen molar-refractivity contribution in [1.82, 2.24) is 4.72 Å². The lowest BCUT2D eigenvalue weighted by Crippen LogP contribution is -2.39. The number of sulfonamides is 1. The van der Waals surface area contributed by atoms with Gasteiger partial charge in [0.15, 0.2) is 5.25 Å². The molecule has 0 aliphatic carbocycles. The highest BCUT2D eigenvalue weighted by atomic mass is 32.2. The van der Waals surface area contributed by atoms with E-state index in [0.29, 0.717) is 5.75 Å². The Kier molecular flexibility index (Phi) is 5.37. The van der Waals surface area contributed by atoms with Gasteiger partial charge in [0.1, 0.15) is 0 Å². The maximum atomic E-state index is 11.3. The third-order valence-electron chi connectivity index (χ3n) is 1.43. The third kappa shape index (κ3) is 4.50. The molecule has 76 valence electrons. The van der Waals surface area contributed by atoms with Gasteiger partial charge in [0, 0.05) is 11.8 Å². The number of thioether (sulfide) groups is 1. The second-order valence-electron chi connectivity index (χ2n) is 2.79. The van der Waals surface area contributed by atoms with E-state index in [4.69, 9.17) is 5.26 Å². The number of rotatable bonds is 5. The van der Waals surface area contributed by atoms with Crippen molar-refractivity contribution in [2.45, 2.75) is 25.1 Å². The normalized spacial score (nSPS) is 16.2. The summed E-state index contributed by atoms with van der Waals surface area (Å²) in [6.07, 6.45) is 1.90. The van der Waals surface area contributed by atoms with Crippen LogP contribution in [0.2, 0.25) is 0 Å². The molecule has 13 heavy (non-hydrogen) atoms. The van der Waals surface area contributed by atoms with E-state index in [2.05, 4.69) is 4.72 Å². The second kappa shape index (κ2) is 5.47. The second-order valence-corrected chi connectivity index (χ2v) is 5.73. The van der Waals surface area contributed by atoms with Gasteiger partial charge in [-0.3, -0.25) is 0 Å². The zero-order valence-corrected chi connectivity index (χ0v) is 9.58. The summed E-state index contributed by atoms with van der Waals surface area (Å²) in [4.78, 5) is 0. The van der Waals surface area contributed by atoms with Crippen LogP contribution in [0, 0.1) is 11.3 Å². The van der Waals surface area contributed by atoms with E-state index in [0.717, 1.165) is 0 Å². The van der Waals surface area contributed by atoms with Crippen LogP contribution in [0.25, 0.3) is 0 Å². The summed E-state index contributed by atoms with van der Waals surface area (Å²) in [5.41, 5.74) is 0. The van der Waals surface area contributed by atoms with Crippen molar-refractivity contribution in [3.05, 3.63) is 0 Å². The van der Waals surface area contributed by atoms with Gasteiger partial charge in [-0.05, 0) is 20.1 Å². The number of hydrogen-bond acceptors (Lipinski definition) is 4. The molecule has 0 rings (SSSR count). The minimum Gasteiger partial charge on any atom is -0.211 e. The Hall–Kier alpha value is -0.250. The average Bonchev–Trinajstić information content (AvgIpc) is 2.02. The largest absolute Gasteiger partial charge is 0.227 e. The highest BCUT2D eigenvalue weighted by molar-refractivity contribution is 7.98. The van der Waals surface area contributed by atoms with Crippen molar-refractivity contribution in [3.8, 4) is 6.07 Å². The summed E-state index contributed by atoms with van der Waals surface area (Å²) in [7, 11) is -3.46. The molecule has 0 aliphatic rings. The Balaban J connectivity index is 4.28. The fourth-order valence-electron chi connectivity index (χ4n) is 0.736. The van der Waals surface area contributed by atoms with Gasteiger partial charge in [0.2, 0.25) is 10.0 Å². The van der Waals surface area contributed by atoms with Gasteiger partial charge in [-0.1, -0.05) is 0 Å². The molecular weight excluding hydrogens is 208 g/mol. The molecule has 2 atom stereocenters. The van der Waals surface area contributed by atoms with Gasteiger partial charge in [-0.15, -0.1) is 0 Å². The molecule has 0 aromatic heterocycles. The molecule has 0 amide bonds. The van der Waals surface area contributed by atoms with Gasteiger partial charge in [-0.2, -0.15) is 17.0 Å². The van der Waals surface area contributed by atoms with Gasteiger partial charge >= 0.3 is 0 Å². The summed E-state index contributed by atoms with van der Waals surface area (Å²) < 4.78 is 25.0. The van der Waals surface area contributed by atoms with Crippen molar-refractivity contribution in [2.75, 3.05) is 12.0 Å². The lowest BCUT2D eigenvalue weighted by molar-refractivity contribution is 0.566. The predicted molar refractivity (Wildman–Crippen MR) is 55.0 cm³/mol. The van der Waals surface area contributed by atoms with E-state index in [9.17, 15) is 8.42 Å². The zero-order valence-electron chi connectivity index (χ0n) is 7.94. The SMILES string of the molecule is CSCC(C)NS(=O)(=O)C(C)C#N. The molecule has 0 spiro atoms. The summed E-state index contributed by atoms with van der Waals surface area (Å²) in [5.74, 6) is 0.706. The fraction of sp³-hybridized carbons (Fsp3) is 0.857. The molecule has 0 saturated carbocycles. The lowest BCUT2D eigenvalue weighted by atomic mass is 10.4. The van der Waals surface area contributed by atoms with Gasteiger partial charge in [-0.25, -0.2) is 13.1 Å². The molecule has 0 heterocycles. The first kappa shape index (κ1) is 12.8. The van der Waals surface area contributed by atoms with E-state index in [-0.39, 0.29) is 6.04 Å². The van der Waals surface area contributed by atoms with E-state index in [1.807, 2.05) is 6.26 Å². The molecule has 4 nitrogen and oxygen atoms in total. The molecule has 2 unspecified atom stereocenters. The molecule has 1 N–H and O–H groups in total. The molecule has 0 bridgehead atoms. The standard InChI is InChI=1S/C7H14N2O2S2/c1-6(5-12-3)9-13(10,11)7(2)4-8/h6-7,9H,5H2,1-3H3. The van der Waals surface area contributed by atoms with Crippen LogP contribution >= 0.6 is 11.8 Å². The highest BCUT2D eigenvalue weighted by Gasteiger charge is 2.21. The molecular formula is C7H14N2O2S2. The van der Waals surface area contributed by atoms with Crippen molar-refractivity contribution >= 4 is 21.8 Å². The Morgan fingerprint density at radius 3 is 2.46 bits per heavy atom. The minimum atomic E-state index is -3.46. The van der Waals surface area contributed by atoms with Crippen molar-refractivity contribution in [3.63, 3.8) is 0 Å². The van der Waals surface area contributed by atoms with Crippen LogP contribution in [0.3, 0.4) is 0 Å². The Labute approximate surface area is 83.8 Å². The van der Waals surface area contributed by atoms with E-state index in [1.54, 1.807) is 24.8 Å². The summed E-state index contributed by atoms with van der Waals surface area (Å²) in [5, 5.41) is 7.45. The first-order valence-electron chi connectivity index (χ1n) is 3.83. The monoisotopic (exact) mass is 222 g/mol. The summed E-state index contributed by atoms with van der Waals surface area (Å²) in [6.45, 7) is 3.15. The van der Waals surface area contributed by atoms with Crippen LogP contribution in [0.15, 0.2) is 0 Å². The molecule has 0 aromatic rings. The Morgan fingerprint density at radius 2 is 2.08 bits per heavy atom. The van der Waals surface area contributed by atoms with Crippen molar-refractivity contribution in [1.29, 1.82) is 5.26 Å². The number of nitriles is 1. The van der Waals surface area contributed by atoms with Crippen LogP contribution in [0.5, 0.6) is 0 Å². The maximum absolute atomic E-state index is 11.3. The molecule has 0 fully saturated rings. The maximum Gasteiger partial charge on any atom is 0.227 e. The van der Waals surface area contributed by atoms with E-state index >= 15 is 0 Å². The smallest absolute Gasteiger partial charge is 0.211 e. The van der Waals surface area contributed by atoms with Gasteiger partial charge in [0.05, 0.1) is 6.07 Å². The topological polar surface area (TPSA) is 70.0 Å².